The number of thioether (sulfide) groups is 1. The molecule has 1 aliphatic rings. The highest BCUT2D eigenvalue weighted by atomic mass is 35.5. The number of rotatable bonds is 7. The summed E-state index contributed by atoms with van der Waals surface area (Å²) < 4.78 is 5.02. The second-order valence-electron chi connectivity index (χ2n) is 7.99. The zero-order valence-electron chi connectivity index (χ0n) is 19.8. The summed E-state index contributed by atoms with van der Waals surface area (Å²) in [5.74, 6) is -1.30. The molecule has 186 valence electrons. The van der Waals surface area contributed by atoms with Gasteiger partial charge in [0.05, 0.1) is 17.4 Å². The van der Waals surface area contributed by atoms with Crippen LogP contribution in [0, 0.1) is 11.3 Å². The molecule has 1 aliphatic heterocycles. The number of nitrogens with zero attached hydrogens (tertiary/aromatic N) is 2. The first kappa shape index (κ1) is 26.0. The van der Waals surface area contributed by atoms with Crippen LogP contribution in [-0.4, -0.2) is 29.6 Å². The Labute approximate surface area is 223 Å². The molecule has 3 aromatic rings. The van der Waals surface area contributed by atoms with Gasteiger partial charge in [0.2, 0.25) is 5.91 Å². The number of nitriles is 1. The molecule has 37 heavy (non-hydrogen) atoms. The van der Waals surface area contributed by atoms with Crippen molar-refractivity contribution < 1.29 is 19.1 Å². The van der Waals surface area contributed by atoms with E-state index >= 15 is 0 Å². The fourth-order valence-corrected chi connectivity index (χ4v) is 5.26. The summed E-state index contributed by atoms with van der Waals surface area (Å²) in [5.41, 5.74) is 2.06. The molecule has 1 saturated heterocycles. The summed E-state index contributed by atoms with van der Waals surface area (Å²) in [5, 5.41) is 12.8. The van der Waals surface area contributed by atoms with E-state index in [-0.39, 0.29) is 23.1 Å². The number of para-hydroxylation sites is 1. The number of amides is 2. The predicted octanol–water partition coefficient (Wildman–Crippen LogP) is 5.58. The molecule has 2 amide bonds. The largest absolute Gasteiger partial charge is 0.462 e. The Hall–Kier alpha value is -4.06. The van der Waals surface area contributed by atoms with Crippen LogP contribution in [0.1, 0.15) is 22.8 Å². The molecule has 0 spiro atoms. The number of esters is 1. The van der Waals surface area contributed by atoms with Gasteiger partial charge < -0.3 is 10.1 Å². The van der Waals surface area contributed by atoms with Crippen LogP contribution in [0.3, 0.4) is 0 Å². The molecule has 1 atom stereocenters. The van der Waals surface area contributed by atoms with E-state index in [0.717, 1.165) is 17.3 Å². The van der Waals surface area contributed by atoms with Gasteiger partial charge in [0, 0.05) is 16.4 Å². The summed E-state index contributed by atoms with van der Waals surface area (Å²) in [6.07, 6.45) is 0.341. The number of benzene rings is 3. The number of halogens is 1. The van der Waals surface area contributed by atoms with Crippen LogP contribution in [0.4, 0.5) is 11.4 Å². The zero-order chi connectivity index (χ0) is 26.4. The predicted molar refractivity (Wildman–Crippen MR) is 144 cm³/mol. The van der Waals surface area contributed by atoms with E-state index in [1.54, 1.807) is 79.7 Å². The zero-order valence-corrected chi connectivity index (χ0v) is 21.4. The summed E-state index contributed by atoms with van der Waals surface area (Å²) in [7, 11) is 0. The standard InChI is InChI=1S/C28H22ClN3O4S/c1-2-36-28(35)19-13-11-18(12-14-19)15-24-26(34)32(22-9-4-3-5-10-22)27(37-24)23(17-30)25(33)31-21-8-6-7-20(29)16-21/h3-14,16,24H,2,15H2,1H3,(H,31,33)/b27-23-. The van der Waals surface area contributed by atoms with Crippen molar-refractivity contribution >= 4 is 52.5 Å². The molecule has 9 heteroatoms. The first-order valence-corrected chi connectivity index (χ1v) is 12.7. The van der Waals surface area contributed by atoms with Crippen LogP contribution in [0.25, 0.3) is 0 Å². The van der Waals surface area contributed by atoms with Crippen molar-refractivity contribution in [3.05, 3.63) is 106 Å². The molecule has 1 N–H and O–H groups in total. The molecule has 0 aromatic heterocycles. The van der Waals surface area contributed by atoms with Gasteiger partial charge in [-0.05, 0) is 61.4 Å². The van der Waals surface area contributed by atoms with E-state index in [1.807, 2.05) is 12.1 Å². The number of carbonyl (C=O) groups is 3. The molecule has 1 unspecified atom stereocenters. The van der Waals surface area contributed by atoms with Gasteiger partial charge in [0.25, 0.3) is 5.91 Å². The van der Waals surface area contributed by atoms with Crippen molar-refractivity contribution in [2.24, 2.45) is 0 Å². The minimum absolute atomic E-state index is 0.178. The summed E-state index contributed by atoms with van der Waals surface area (Å²) in [6, 6.07) is 24.3. The Balaban J connectivity index is 1.65. The molecule has 7 nitrogen and oxygen atoms in total. The topological polar surface area (TPSA) is 99.5 Å². The maximum Gasteiger partial charge on any atom is 0.338 e. The van der Waals surface area contributed by atoms with Crippen molar-refractivity contribution in [3.8, 4) is 6.07 Å². The average Bonchev–Trinajstić information content (AvgIpc) is 3.20. The third kappa shape index (κ3) is 6.02. The van der Waals surface area contributed by atoms with Crippen molar-refractivity contribution in [2.45, 2.75) is 18.6 Å². The summed E-state index contributed by atoms with van der Waals surface area (Å²) in [6.45, 7) is 2.02. The van der Waals surface area contributed by atoms with E-state index in [9.17, 15) is 19.6 Å². The Morgan fingerprint density at radius 3 is 2.46 bits per heavy atom. The number of anilines is 2. The Kier molecular flexibility index (Phi) is 8.29. The normalized spacial score (nSPS) is 16.2. The lowest BCUT2D eigenvalue weighted by Crippen LogP contribution is -2.30. The maximum absolute atomic E-state index is 13.6. The second-order valence-corrected chi connectivity index (χ2v) is 9.62. The molecule has 3 aromatic carbocycles. The van der Waals surface area contributed by atoms with E-state index < -0.39 is 17.1 Å². The number of hydrogen-bond donors (Lipinski definition) is 1. The first-order valence-electron chi connectivity index (χ1n) is 11.4. The van der Waals surface area contributed by atoms with Gasteiger partial charge >= 0.3 is 5.97 Å². The molecular formula is C28H22ClN3O4S. The minimum Gasteiger partial charge on any atom is -0.462 e. The molecule has 4 rings (SSSR count). The fraction of sp³-hybridized carbons (Fsp3) is 0.143. The van der Waals surface area contributed by atoms with Crippen LogP contribution < -0.4 is 10.2 Å². The fourth-order valence-electron chi connectivity index (χ4n) is 3.76. The molecule has 0 bridgehead atoms. The third-order valence-electron chi connectivity index (χ3n) is 5.49. The van der Waals surface area contributed by atoms with Crippen LogP contribution in [0.2, 0.25) is 5.02 Å². The molecule has 1 fully saturated rings. The van der Waals surface area contributed by atoms with Gasteiger partial charge in [0.1, 0.15) is 16.7 Å². The number of ether oxygens (including phenoxy) is 1. The lowest BCUT2D eigenvalue weighted by Gasteiger charge is -2.18. The van der Waals surface area contributed by atoms with Gasteiger partial charge in [-0.1, -0.05) is 59.8 Å². The van der Waals surface area contributed by atoms with E-state index in [4.69, 9.17) is 16.3 Å². The van der Waals surface area contributed by atoms with Gasteiger partial charge in [-0.15, -0.1) is 0 Å². The number of carbonyl (C=O) groups excluding carboxylic acids is 3. The Morgan fingerprint density at radius 2 is 1.81 bits per heavy atom. The Bertz CT molecular complexity index is 1400. The van der Waals surface area contributed by atoms with Crippen LogP contribution in [0.5, 0.6) is 0 Å². The molecule has 0 saturated carbocycles. The van der Waals surface area contributed by atoms with Gasteiger partial charge in [0.15, 0.2) is 0 Å². The van der Waals surface area contributed by atoms with Crippen molar-refractivity contribution in [2.75, 3.05) is 16.8 Å². The van der Waals surface area contributed by atoms with Crippen molar-refractivity contribution in [3.63, 3.8) is 0 Å². The molecule has 0 radical (unpaired) electrons. The highest BCUT2D eigenvalue weighted by molar-refractivity contribution is 8.05. The van der Waals surface area contributed by atoms with Crippen LogP contribution in [0.15, 0.2) is 89.5 Å². The van der Waals surface area contributed by atoms with Crippen LogP contribution in [-0.2, 0) is 20.7 Å². The minimum atomic E-state index is -0.638. The first-order chi connectivity index (χ1) is 17.9. The highest BCUT2D eigenvalue weighted by Crippen LogP contribution is 2.42. The van der Waals surface area contributed by atoms with Gasteiger partial charge in [-0.25, -0.2) is 4.79 Å². The number of hydrogen-bond acceptors (Lipinski definition) is 6. The van der Waals surface area contributed by atoms with E-state index in [0.29, 0.717) is 28.4 Å². The van der Waals surface area contributed by atoms with Gasteiger partial charge in [-0.3, -0.25) is 14.5 Å². The molecule has 0 aliphatic carbocycles. The molecular weight excluding hydrogens is 510 g/mol. The second kappa shape index (κ2) is 11.8. The van der Waals surface area contributed by atoms with Crippen molar-refractivity contribution in [1.29, 1.82) is 5.26 Å². The van der Waals surface area contributed by atoms with Crippen molar-refractivity contribution in [1.82, 2.24) is 0 Å². The van der Waals surface area contributed by atoms with E-state index in [2.05, 4.69) is 5.32 Å². The molecule has 1 heterocycles. The summed E-state index contributed by atoms with van der Waals surface area (Å²) >= 11 is 7.18. The lowest BCUT2D eigenvalue weighted by atomic mass is 10.1. The monoisotopic (exact) mass is 531 g/mol. The van der Waals surface area contributed by atoms with Gasteiger partial charge in [-0.2, -0.15) is 5.26 Å². The average molecular weight is 532 g/mol. The summed E-state index contributed by atoms with van der Waals surface area (Å²) in [4.78, 5) is 40.0. The van der Waals surface area contributed by atoms with E-state index in [1.165, 1.54) is 4.90 Å². The quantitative estimate of drug-likeness (QED) is 0.243. The highest BCUT2D eigenvalue weighted by Gasteiger charge is 2.40. The SMILES string of the molecule is CCOC(=O)c1ccc(CC2S/C(=C(/C#N)C(=O)Nc3cccc(Cl)c3)N(c3ccccc3)C2=O)cc1. The Morgan fingerprint density at radius 1 is 1.08 bits per heavy atom. The smallest absolute Gasteiger partial charge is 0.338 e. The number of nitrogens with one attached hydrogen (secondary N) is 1. The van der Waals surface area contributed by atoms with Crippen LogP contribution >= 0.6 is 23.4 Å². The lowest BCUT2D eigenvalue weighted by molar-refractivity contribution is -0.117. The maximum atomic E-state index is 13.6. The third-order valence-corrected chi connectivity index (χ3v) is 6.99.